The zero-order chi connectivity index (χ0) is 20.4. The minimum Gasteiger partial charge on any atom is -0.377 e. The van der Waals surface area contributed by atoms with Crippen molar-refractivity contribution in [1.82, 2.24) is 10.3 Å². The van der Waals surface area contributed by atoms with Crippen LogP contribution < -0.4 is 5.32 Å². The van der Waals surface area contributed by atoms with E-state index in [1.54, 1.807) is 6.20 Å². The van der Waals surface area contributed by atoms with Crippen molar-refractivity contribution in [3.8, 4) is 0 Å². The first-order valence-corrected chi connectivity index (χ1v) is 10.5. The molecule has 1 aliphatic carbocycles. The molecule has 1 saturated carbocycles. The third-order valence-corrected chi connectivity index (χ3v) is 5.21. The summed E-state index contributed by atoms with van der Waals surface area (Å²) in [7, 11) is 0. The number of carbonyl (C=O) groups excluding carboxylic acids is 2. The molecule has 1 amide bonds. The molecule has 1 aromatic rings. The summed E-state index contributed by atoms with van der Waals surface area (Å²) in [6.07, 6.45) is 6.36. The summed E-state index contributed by atoms with van der Waals surface area (Å²) in [6.45, 7) is 7.90. The third kappa shape index (κ3) is 7.32. The van der Waals surface area contributed by atoms with Gasteiger partial charge in [-0.05, 0) is 51.7 Å². The molecule has 0 bridgehead atoms. The maximum Gasteiger partial charge on any atom is 0.252 e. The standard InChI is InChI=1S/C22H34N2O4.H2/c1-4-21(25)18-7-5-17(6-8-18)20-10-9-19(15-24-20)22(26)23-11-12-27-13-14-28-16(2)3;/h9-10,15-18H,4-8,11-14H2,1-3H3,(H,23,26);1H. The van der Waals surface area contributed by atoms with Crippen molar-refractivity contribution in [2.75, 3.05) is 26.4 Å². The van der Waals surface area contributed by atoms with Gasteiger partial charge in [-0.3, -0.25) is 14.6 Å². The first-order valence-electron chi connectivity index (χ1n) is 10.5. The molecular weight excluding hydrogens is 356 g/mol. The fourth-order valence-electron chi connectivity index (χ4n) is 3.56. The van der Waals surface area contributed by atoms with Gasteiger partial charge in [-0.1, -0.05) is 6.92 Å². The summed E-state index contributed by atoms with van der Waals surface area (Å²) < 4.78 is 10.8. The van der Waals surface area contributed by atoms with Gasteiger partial charge in [0.25, 0.3) is 5.91 Å². The number of amides is 1. The van der Waals surface area contributed by atoms with Crippen molar-refractivity contribution in [3.05, 3.63) is 29.6 Å². The number of Topliss-reactive ketones (excluding diaryl/α,β-unsaturated/α-hetero) is 1. The van der Waals surface area contributed by atoms with Crippen LogP contribution in [0.2, 0.25) is 0 Å². The van der Waals surface area contributed by atoms with Crippen molar-refractivity contribution in [1.29, 1.82) is 0 Å². The molecule has 0 spiro atoms. The molecule has 158 valence electrons. The Morgan fingerprint density at radius 3 is 2.54 bits per heavy atom. The van der Waals surface area contributed by atoms with Gasteiger partial charge >= 0.3 is 0 Å². The van der Waals surface area contributed by atoms with Crippen LogP contribution in [0, 0.1) is 5.92 Å². The van der Waals surface area contributed by atoms with Gasteiger partial charge in [0.1, 0.15) is 5.78 Å². The lowest BCUT2D eigenvalue weighted by Crippen LogP contribution is -2.28. The third-order valence-electron chi connectivity index (χ3n) is 5.21. The molecule has 2 rings (SSSR count). The molecule has 0 atom stereocenters. The molecule has 1 fully saturated rings. The van der Waals surface area contributed by atoms with E-state index in [-0.39, 0.29) is 19.4 Å². The molecule has 0 aromatic carbocycles. The molecule has 0 unspecified atom stereocenters. The van der Waals surface area contributed by atoms with Crippen molar-refractivity contribution in [3.63, 3.8) is 0 Å². The quantitative estimate of drug-likeness (QED) is 0.580. The minimum absolute atomic E-state index is 0. The highest BCUT2D eigenvalue weighted by atomic mass is 16.5. The summed E-state index contributed by atoms with van der Waals surface area (Å²) >= 11 is 0. The molecule has 0 saturated heterocycles. The van der Waals surface area contributed by atoms with E-state index in [1.807, 2.05) is 32.9 Å². The van der Waals surface area contributed by atoms with E-state index in [0.717, 1.165) is 31.4 Å². The first kappa shape index (κ1) is 22.5. The number of nitrogens with one attached hydrogen (secondary N) is 1. The zero-order valence-corrected chi connectivity index (χ0v) is 17.4. The number of rotatable bonds is 11. The van der Waals surface area contributed by atoms with Gasteiger partial charge in [-0.15, -0.1) is 0 Å². The second-order valence-electron chi connectivity index (χ2n) is 7.63. The lowest BCUT2D eigenvalue weighted by molar-refractivity contribution is -0.123. The van der Waals surface area contributed by atoms with Gasteiger partial charge in [-0.2, -0.15) is 0 Å². The molecule has 6 nitrogen and oxygen atoms in total. The van der Waals surface area contributed by atoms with Gasteiger partial charge in [0.05, 0.1) is 31.5 Å². The van der Waals surface area contributed by atoms with E-state index < -0.39 is 0 Å². The summed E-state index contributed by atoms with van der Waals surface area (Å²) in [4.78, 5) is 28.5. The number of carbonyl (C=O) groups is 2. The number of nitrogens with zero attached hydrogens (tertiary/aromatic N) is 1. The number of ether oxygens (including phenoxy) is 2. The van der Waals surface area contributed by atoms with Gasteiger partial charge < -0.3 is 14.8 Å². The highest BCUT2D eigenvalue weighted by Gasteiger charge is 2.26. The Morgan fingerprint density at radius 1 is 1.18 bits per heavy atom. The molecule has 1 aromatic heterocycles. The Morgan fingerprint density at radius 2 is 1.93 bits per heavy atom. The lowest BCUT2D eigenvalue weighted by atomic mass is 9.78. The van der Waals surface area contributed by atoms with Gasteiger partial charge in [0.2, 0.25) is 0 Å². The smallest absolute Gasteiger partial charge is 0.252 e. The van der Waals surface area contributed by atoms with Crippen LogP contribution in [-0.2, 0) is 14.3 Å². The second kappa shape index (κ2) is 11.9. The number of hydrogen-bond donors (Lipinski definition) is 1. The maximum atomic E-state index is 12.2. The topological polar surface area (TPSA) is 77.5 Å². The Labute approximate surface area is 169 Å². The summed E-state index contributed by atoms with van der Waals surface area (Å²) in [5, 5.41) is 2.84. The molecule has 0 radical (unpaired) electrons. The monoisotopic (exact) mass is 392 g/mol. The van der Waals surface area contributed by atoms with E-state index in [1.165, 1.54) is 0 Å². The van der Waals surface area contributed by atoms with Crippen LogP contribution in [-0.4, -0.2) is 49.1 Å². The van der Waals surface area contributed by atoms with Crippen LogP contribution in [0.5, 0.6) is 0 Å². The van der Waals surface area contributed by atoms with Gasteiger partial charge in [-0.25, -0.2) is 0 Å². The Balaban J connectivity index is 0.00000420. The highest BCUT2D eigenvalue weighted by molar-refractivity contribution is 5.93. The molecule has 28 heavy (non-hydrogen) atoms. The summed E-state index contributed by atoms with van der Waals surface area (Å²) in [5.74, 6) is 0.859. The van der Waals surface area contributed by atoms with Crippen molar-refractivity contribution < 1.29 is 20.5 Å². The second-order valence-corrected chi connectivity index (χ2v) is 7.63. The minimum atomic E-state index is -0.140. The van der Waals surface area contributed by atoms with E-state index in [4.69, 9.17) is 9.47 Å². The number of ketones is 1. The van der Waals surface area contributed by atoms with Crippen LogP contribution >= 0.6 is 0 Å². The molecular formula is C22H36N2O4. The average Bonchev–Trinajstić information content (AvgIpc) is 2.72. The first-order chi connectivity index (χ1) is 13.5. The van der Waals surface area contributed by atoms with E-state index in [0.29, 0.717) is 50.1 Å². The number of hydrogen-bond acceptors (Lipinski definition) is 5. The van der Waals surface area contributed by atoms with Gasteiger partial charge in [0, 0.05) is 38.1 Å². The predicted molar refractivity (Wildman–Crippen MR) is 111 cm³/mol. The van der Waals surface area contributed by atoms with Crippen LogP contribution in [0.3, 0.4) is 0 Å². The molecule has 6 heteroatoms. The zero-order valence-electron chi connectivity index (χ0n) is 17.4. The molecule has 1 N–H and O–H groups in total. The highest BCUT2D eigenvalue weighted by Crippen LogP contribution is 2.35. The SMILES string of the molecule is CCC(=O)C1CCC(c2ccc(C(=O)NCCOCCOC(C)C)cn2)CC1.[HH]. The molecule has 1 heterocycles. The Bertz CT molecular complexity index is 614. The van der Waals surface area contributed by atoms with E-state index >= 15 is 0 Å². The average molecular weight is 393 g/mol. The predicted octanol–water partition coefficient (Wildman–Crippen LogP) is 3.75. The van der Waals surface area contributed by atoms with E-state index in [2.05, 4.69) is 10.3 Å². The van der Waals surface area contributed by atoms with Crippen LogP contribution in [0.1, 0.15) is 76.3 Å². The molecule has 1 aliphatic rings. The largest absolute Gasteiger partial charge is 0.377 e. The van der Waals surface area contributed by atoms with Crippen molar-refractivity contribution >= 4 is 11.7 Å². The van der Waals surface area contributed by atoms with Crippen molar-refractivity contribution in [2.24, 2.45) is 5.92 Å². The number of pyridine rings is 1. The van der Waals surface area contributed by atoms with Gasteiger partial charge in [0.15, 0.2) is 0 Å². The summed E-state index contributed by atoms with van der Waals surface area (Å²) in [6, 6.07) is 3.78. The Hall–Kier alpha value is -1.79. The van der Waals surface area contributed by atoms with Crippen LogP contribution in [0.15, 0.2) is 18.3 Å². The number of aromatic nitrogens is 1. The normalized spacial score (nSPS) is 19.6. The van der Waals surface area contributed by atoms with Crippen LogP contribution in [0.4, 0.5) is 0 Å². The fraction of sp³-hybridized carbons (Fsp3) is 0.682. The van der Waals surface area contributed by atoms with E-state index in [9.17, 15) is 9.59 Å². The molecule has 0 aliphatic heterocycles. The Kier molecular flexibility index (Phi) is 9.58. The maximum absolute atomic E-state index is 12.2. The van der Waals surface area contributed by atoms with Crippen LogP contribution in [0.25, 0.3) is 0 Å². The fourth-order valence-corrected chi connectivity index (χ4v) is 3.56. The summed E-state index contributed by atoms with van der Waals surface area (Å²) in [5.41, 5.74) is 1.58. The lowest BCUT2D eigenvalue weighted by Gasteiger charge is -2.27. The van der Waals surface area contributed by atoms with Crippen molar-refractivity contribution in [2.45, 2.75) is 64.9 Å².